The maximum Gasteiger partial charge on any atom is 0.307 e. The van der Waals surface area contributed by atoms with Gasteiger partial charge in [-0.25, -0.2) is 4.98 Å². The van der Waals surface area contributed by atoms with Crippen LogP contribution in [0.4, 0.5) is 0 Å². The van der Waals surface area contributed by atoms with E-state index in [0.717, 1.165) is 18.7 Å². The topological polar surface area (TPSA) is 60.9 Å². The van der Waals surface area contributed by atoms with Gasteiger partial charge < -0.3 is 14.2 Å². The van der Waals surface area contributed by atoms with E-state index < -0.39 is 5.60 Å². The molecule has 0 saturated carbocycles. The Morgan fingerprint density at radius 1 is 1.23 bits per heavy atom. The highest BCUT2D eigenvalue weighted by Gasteiger charge is 2.23. The molecule has 0 amide bonds. The molecule has 0 N–H and O–H groups in total. The first-order valence-corrected chi connectivity index (χ1v) is 11.0. The summed E-state index contributed by atoms with van der Waals surface area (Å²) in [7, 11) is 0. The van der Waals surface area contributed by atoms with Gasteiger partial charge in [0.15, 0.2) is 0 Å². The van der Waals surface area contributed by atoms with Crippen molar-refractivity contribution in [3.8, 4) is 5.75 Å². The third kappa shape index (κ3) is 7.35. The fourth-order valence-electron chi connectivity index (χ4n) is 3.26. The smallest absolute Gasteiger partial charge is 0.307 e. The predicted molar refractivity (Wildman–Crippen MR) is 121 cm³/mol. The highest BCUT2D eigenvalue weighted by atomic mass is 35.5. The summed E-state index contributed by atoms with van der Waals surface area (Å²) in [5, 5.41) is 0.866. The van der Waals surface area contributed by atoms with E-state index in [9.17, 15) is 4.79 Å². The molecule has 1 aliphatic rings. The number of carbonyl (C=O) groups is 1. The van der Waals surface area contributed by atoms with Crippen LogP contribution in [0, 0.1) is 0 Å². The highest BCUT2D eigenvalue weighted by Crippen LogP contribution is 2.27. The molecule has 1 unspecified atom stereocenters. The molecule has 1 atom stereocenters. The lowest BCUT2D eigenvalue weighted by Gasteiger charge is -2.33. The molecule has 0 aliphatic carbocycles. The second-order valence-electron chi connectivity index (χ2n) is 8.42. The van der Waals surface area contributed by atoms with Gasteiger partial charge in [0, 0.05) is 31.4 Å². The normalized spacial score (nSPS) is 17.4. The van der Waals surface area contributed by atoms with Gasteiger partial charge in [-0.05, 0) is 44.5 Å². The number of morpholine rings is 1. The first kappa shape index (κ1) is 23.8. The van der Waals surface area contributed by atoms with Gasteiger partial charge in [0.25, 0.3) is 0 Å². The van der Waals surface area contributed by atoms with Gasteiger partial charge in [-0.1, -0.05) is 35.3 Å². The van der Waals surface area contributed by atoms with Crippen LogP contribution in [0.2, 0.25) is 10.2 Å². The third-order valence-electron chi connectivity index (χ3n) is 4.78. The standard InChI is InChI=1S/C23H28Cl2N2O4/c1-23(2,3)31-21(28)9-11-27-12-13-29-20(14-27)16-4-6-17(7-5-16)30-15-18-19(24)8-10-26-22(18)25/h4-8,10,20H,9,11-15H2,1-3H3. The maximum absolute atomic E-state index is 12.0. The van der Waals surface area contributed by atoms with E-state index >= 15 is 0 Å². The predicted octanol–water partition coefficient (Wildman–Crippen LogP) is 5.07. The lowest BCUT2D eigenvalue weighted by molar-refractivity contribution is -0.155. The Morgan fingerprint density at radius 3 is 2.65 bits per heavy atom. The van der Waals surface area contributed by atoms with Gasteiger partial charge in [0.2, 0.25) is 0 Å². The van der Waals surface area contributed by atoms with Crippen molar-refractivity contribution in [3.05, 3.63) is 57.8 Å². The number of ether oxygens (including phenoxy) is 3. The summed E-state index contributed by atoms with van der Waals surface area (Å²) in [6, 6.07) is 9.46. The molecule has 0 spiro atoms. The van der Waals surface area contributed by atoms with Crippen molar-refractivity contribution < 1.29 is 19.0 Å². The number of pyridine rings is 1. The molecule has 1 aromatic carbocycles. The van der Waals surface area contributed by atoms with Crippen molar-refractivity contribution >= 4 is 29.2 Å². The molecule has 168 valence electrons. The van der Waals surface area contributed by atoms with Gasteiger partial charge in [-0.2, -0.15) is 0 Å². The summed E-state index contributed by atoms with van der Waals surface area (Å²) >= 11 is 12.2. The largest absolute Gasteiger partial charge is 0.489 e. The van der Waals surface area contributed by atoms with Gasteiger partial charge >= 0.3 is 5.97 Å². The molecule has 1 aliphatic heterocycles. The van der Waals surface area contributed by atoms with E-state index in [4.69, 9.17) is 37.4 Å². The van der Waals surface area contributed by atoms with Crippen LogP contribution in [0.3, 0.4) is 0 Å². The molecular weight excluding hydrogens is 439 g/mol. The number of carbonyl (C=O) groups excluding carboxylic acids is 1. The second kappa shape index (κ2) is 10.6. The average molecular weight is 467 g/mol. The van der Waals surface area contributed by atoms with Crippen molar-refractivity contribution in [1.82, 2.24) is 9.88 Å². The minimum atomic E-state index is -0.456. The number of aromatic nitrogens is 1. The fraction of sp³-hybridized carbons (Fsp3) is 0.478. The highest BCUT2D eigenvalue weighted by molar-refractivity contribution is 6.35. The first-order valence-electron chi connectivity index (χ1n) is 10.3. The van der Waals surface area contributed by atoms with Crippen molar-refractivity contribution in [2.24, 2.45) is 0 Å². The summed E-state index contributed by atoms with van der Waals surface area (Å²) in [6.45, 7) is 8.67. The van der Waals surface area contributed by atoms with Crippen molar-refractivity contribution in [3.63, 3.8) is 0 Å². The average Bonchev–Trinajstić information content (AvgIpc) is 2.71. The number of halogens is 2. The monoisotopic (exact) mass is 466 g/mol. The Morgan fingerprint density at radius 2 is 1.97 bits per heavy atom. The molecular formula is C23H28Cl2N2O4. The number of hydrogen-bond donors (Lipinski definition) is 0. The van der Waals surface area contributed by atoms with Gasteiger partial charge in [0.1, 0.15) is 23.1 Å². The zero-order chi connectivity index (χ0) is 22.4. The van der Waals surface area contributed by atoms with Crippen LogP contribution in [-0.2, 0) is 20.9 Å². The van der Waals surface area contributed by atoms with Crippen molar-refractivity contribution in [1.29, 1.82) is 0 Å². The van der Waals surface area contributed by atoms with Crippen LogP contribution in [0.1, 0.15) is 44.4 Å². The Bertz CT molecular complexity index is 864. The summed E-state index contributed by atoms with van der Waals surface area (Å²) in [6.07, 6.45) is 1.88. The lowest BCUT2D eigenvalue weighted by Crippen LogP contribution is -2.39. The maximum atomic E-state index is 12.0. The summed E-state index contributed by atoms with van der Waals surface area (Å²) < 4.78 is 17.1. The van der Waals surface area contributed by atoms with E-state index in [0.29, 0.717) is 41.1 Å². The minimum Gasteiger partial charge on any atom is -0.489 e. The van der Waals surface area contributed by atoms with Gasteiger partial charge in [-0.15, -0.1) is 0 Å². The van der Waals surface area contributed by atoms with E-state index in [1.807, 2.05) is 45.0 Å². The van der Waals surface area contributed by atoms with Gasteiger partial charge in [-0.3, -0.25) is 9.69 Å². The van der Waals surface area contributed by atoms with E-state index in [2.05, 4.69) is 9.88 Å². The zero-order valence-electron chi connectivity index (χ0n) is 18.1. The molecule has 0 radical (unpaired) electrons. The summed E-state index contributed by atoms with van der Waals surface area (Å²) in [4.78, 5) is 18.2. The quantitative estimate of drug-likeness (QED) is 0.419. The van der Waals surface area contributed by atoms with Crippen LogP contribution in [0.15, 0.2) is 36.5 Å². The van der Waals surface area contributed by atoms with Crippen molar-refractivity contribution in [2.75, 3.05) is 26.2 Å². The van der Waals surface area contributed by atoms with E-state index in [1.54, 1.807) is 12.3 Å². The van der Waals surface area contributed by atoms with Gasteiger partial charge in [0.05, 0.1) is 24.2 Å². The Hall–Kier alpha value is -1.86. The molecule has 31 heavy (non-hydrogen) atoms. The molecule has 8 heteroatoms. The lowest BCUT2D eigenvalue weighted by atomic mass is 10.1. The Balaban J connectivity index is 1.51. The number of nitrogens with zero attached hydrogens (tertiary/aromatic N) is 2. The molecule has 1 fully saturated rings. The molecule has 1 saturated heterocycles. The van der Waals surface area contributed by atoms with E-state index in [-0.39, 0.29) is 18.7 Å². The van der Waals surface area contributed by atoms with E-state index in [1.165, 1.54) is 0 Å². The summed E-state index contributed by atoms with van der Waals surface area (Å²) in [5.74, 6) is 0.531. The van der Waals surface area contributed by atoms with Crippen LogP contribution in [0.5, 0.6) is 5.75 Å². The molecule has 0 bridgehead atoms. The third-order valence-corrected chi connectivity index (χ3v) is 5.46. The molecule has 6 nitrogen and oxygen atoms in total. The minimum absolute atomic E-state index is 0.0522. The Labute approximate surface area is 193 Å². The van der Waals surface area contributed by atoms with Crippen LogP contribution >= 0.6 is 23.2 Å². The SMILES string of the molecule is CC(C)(C)OC(=O)CCN1CCOC(c2ccc(OCc3c(Cl)ccnc3Cl)cc2)C1. The molecule has 3 rings (SSSR count). The molecule has 2 aromatic rings. The number of hydrogen-bond acceptors (Lipinski definition) is 6. The first-order chi connectivity index (χ1) is 14.7. The Kier molecular flexibility index (Phi) is 8.17. The fourth-order valence-corrected chi connectivity index (χ4v) is 3.72. The van der Waals surface area contributed by atoms with Crippen LogP contribution in [0.25, 0.3) is 0 Å². The summed E-state index contributed by atoms with van der Waals surface area (Å²) in [5.41, 5.74) is 1.26. The molecule has 2 heterocycles. The zero-order valence-corrected chi connectivity index (χ0v) is 19.6. The second-order valence-corrected chi connectivity index (χ2v) is 9.18. The number of esters is 1. The van der Waals surface area contributed by atoms with Crippen LogP contribution in [-0.4, -0.2) is 47.7 Å². The number of rotatable bonds is 7. The molecule has 1 aromatic heterocycles. The van der Waals surface area contributed by atoms with Crippen molar-refractivity contribution in [2.45, 2.75) is 45.5 Å². The van der Waals surface area contributed by atoms with Crippen LogP contribution < -0.4 is 4.74 Å². The number of benzene rings is 1.